The third kappa shape index (κ3) is 0.998. The van der Waals surface area contributed by atoms with E-state index in [2.05, 4.69) is 4.74 Å². The van der Waals surface area contributed by atoms with Gasteiger partial charge in [-0.2, -0.15) is 0 Å². The lowest BCUT2D eigenvalue weighted by atomic mass is 10.0. The zero-order chi connectivity index (χ0) is 7.72. The molecule has 1 heterocycles. The molecular weight excluding hydrogens is 136 g/mol. The van der Waals surface area contributed by atoms with Crippen LogP contribution in [-0.4, -0.2) is 36.5 Å². The fourth-order valence-corrected chi connectivity index (χ4v) is 0.860. The Kier molecular flexibility index (Phi) is 1.92. The first-order chi connectivity index (χ1) is 4.66. The zero-order valence-corrected chi connectivity index (χ0v) is 5.90. The number of carbonyl (C=O) groups excluding carboxylic acids is 1. The lowest BCUT2D eigenvalue weighted by molar-refractivity contribution is -0.225. The van der Waals surface area contributed by atoms with Crippen molar-refractivity contribution in [1.29, 1.82) is 0 Å². The molecule has 1 fully saturated rings. The van der Waals surface area contributed by atoms with Crippen molar-refractivity contribution in [3.05, 3.63) is 0 Å². The van der Waals surface area contributed by atoms with Crippen molar-refractivity contribution in [3.63, 3.8) is 0 Å². The summed E-state index contributed by atoms with van der Waals surface area (Å²) in [6.07, 6.45) is -1.71. The molecule has 0 amide bonds. The highest BCUT2D eigenvalue weighted by Crippen LogP contribution is 2.21. The van der Waals surface area contributed by atoms with Gasteiger partial charge < -0.3 is 14.6 Å². The molecule has 58 valence electrons. The first-order valence-electron chi connectivity index (χ1n) is 3.08. The third-order valence-electron chi connectivity index (χ3n) is 1.59. The van der Waals surface area contributed by atoms with E-state index in [9.17, 15) is 4.79 Å². The van der Waals surface area contributed by atoms with E-state index in [1.54, 1.807) is 6.92 Å². The summed E-state index contributed by atoms with van der Waals surface area (Å²) in [6, 6.07) is 0. The first kappa shape index (κ1) is 7.50. The Hall–Kier alpha value is -0.610. The quantitative estimate of drug-likeness (QED) is 0.497. The summed E-state index contributed by atoms with van der Waals surface area (Å²) < 4.78 is 9.23. The molecular formula is C6H10O4. The van der Waals surface area contributed by atoms with Crippen LogP contribution >= 0.6 is 0 Å². The summed E-state index contributed by atoms with van der Waals surface area (Å²) in [5, 5.41) is 9.05. The number of aliphatic hydroxyl groups excluding tert-OH is 1. The molecule has 0 aromatic carbocycles. The molecule has 0 spiro atoms. The summed E-state index contributed by atoms with van der Waals surface area (Å²) in [7, 11) is 1.27. The van der Waals surface area contributed by atoms with Crippen molar-refractivity contribution in [2.75, 3.05) is 7.11 Å². The van der Waals surface area contributed by atoms with Crippen LogP contribution in [0.2, 0.25) is 0 Å². The van der Waals surface area contributed by atoms with E-state index in [0.29, 0.717) is 0 Å². The van der Waals surface area contributed by atoms with Gasteiger partial charge in [0.05, 0.1) is 13.2 Å². The number of esters is 1. The van der Waals surface area contributed by atoms with Gasteiger partial charge in [-0.05, 0) is 6.92 Å². The van der Waals surface area contributed by atoms with Crippen LogP contribution in [0.5, 0.6) is 0 Å². The standard InChI is InChI=1S/C6H10O4/c1-3-4(7)5(10-3)6(8)9-2/h3-5,7H,1-2H3/t3-,4+,5+/m1/s1. The van der Waals surface area contributed by atoms with Crippen LogP contribution in [0.15, 0.2) is 0 Å². The summed E-state index contributed by atoms with van der Waals surface area (Å²) in [5.41, 5.74) is 0. The summed E-state index contributed by atoms with van der Waals surface area (Å²) in [5.74, 6) is -0.509. The maximum absolute atomic E-state index is 10.6. The van der Waals surface area contributed by atoms with Gasteiger partial charge in [-0.25, -0.2) is 4.79 Å². The molecule has 0 aromatic rings. The maximum Gasteiger partial charge on any atom is 0.337 e. The van der Waals surface area contributed by atoms with Crippen LogP contribution in [-0.2, 0) is 14.3 Å². The average molecular weight is 146 g/mol. The third-order valence-corrected chi connectivity index (χ3v) is 1.59. The molecule has 10 heavy (non-hydrogen) atoms. The molecule has 1 aliphatic rings. The number of carbonyl (C=O) groups is 1. The molecule has 0 bridgehead atoms. The second-order valence-corrected chi connectivity index (χ2v) is 2.28. The molecule has 4 nitrogen and oxygen atoms in total. The van der Waals surface area contributed by atoms with Crippen molar-refractivity contribution in [3.8, 4) is 0 Å². The van der Waals surface area contributed by atoms with E-state index in [-0.39, 0.29) is 6.10 Å². The number of rotatable bonds is 1. The van der Waals surface area contributed by atoms with Gasteiger partial charge in [-0.3, -0.25) is 0 Å². The second kappa shape index (κ2) is 2.56. The van der Waals surface area contributed by atoms with Gasteiger partial charge in [0, 0.05) is 0 Å². The predicted octanol–water partition coefficient (Wildman–Crippen LogP) is -0.692. The Balaban J connectivity index is 2.40. The molecule has 1 N–H and O–H groups in total. The number of hydrogen-bond donors (Lipinski definition) is 1. The molecule has 0 aliphatic carbocycles. The Morgan fingerprint density at radius 3 is 2.60 bits per heavy atom. The van der Waals surface area contributed by atoms with E-state index in [4.69, 9.17) is 9.84 Å². The highest BCUT2D eigenvalue weighted by molar-refractivity contribution is 5.76. The number of hydrogen-bond acceptors (Lipinski definition) is 4. The fraction of sp³-hybridized carbons (Fsp3) is 0.833. The fourth-order valence-electron chi connectivity index (χ4n) is 0.860. The van der Waals surface area contributed by atoms with Crippen molar-refractivity contribution in [2.45, 2.75) is 25.2 Å². The van der Waals surface area contributed by atoms with Gasteiger partial charge in [-0.15, -0.1) is 0 Å². The van der Waals surface area contributed by atoms with Crippen LogP contribution in [0.25, 0.3) is 0 Å². The van der Waals surface area contributed by atoms with Crippen molar-refractivity contribution in [1.82, 2.24) is 0 Å². The predicted molar refractivity (Wildman–Crippen MR) is 32.4 cm³/mol. The van der Waals surface area contributed by atoms with E-state index < -0.39 is 18.2 Å². The van der Waals surface area contributed by atoms with Gasteiger partial charge in [-0.1, -0.05) is 0 Å². The number of ether oxygens (including phenoxy) is 2. The second-order valence-electron chi connectivity index (χ2n) is 2.28. The lowest BCUT2D eigenvalue weighted by Gasteiger charge is -2.36. The zero-order valence-electron chi connectivity index (χ0n) is 5.90. The van der Waals surface area contributed by atoms with E-state index in [1.165, 1.54) is 7.11 Å². The van der Waals surface area contributed by atoms with Gasteiger partial charge in [0.15, 0.2) is 6.10 Å². The molecule has 1 aliphatic heterocycles. The topological polar surface area (TPSA) is 55.8 Å². The first-order valence-corrected chi connectivity index (χ1v) is 3.08. The van der Waals surface area contributed by atoms with E-state index >= 15 is 0 Å². The maximum atomic E-state index is 10.6. The minimum Gasteiger partial charge on any atom is -0.467 e. The number of aliphatic hydroxyl groups is 1. The van der Waals surface area contributed by atoms with Crippen LogP contribution in [0.3, 0.4) is 0 Å². The molecule has 0 radical (unpaired) electrons. The Morgan fingerprint density at radius 1 is 1.70 bits per heavy atom. The van der Waals surface area contributed by atoms with Crippen LogP contribution < -0.4 is 0 Å². The molecule has 4 heteroatoms. The summed E-state index contributed by atoms with van der Waals surface area (Å²) in [6.45, 7) is 1.70. The molecule has 3 atom stereocenters. The van der Waals surface area contributed by atoms with Crippen molar-refractivity contribution in [2.24, 2.45) is 0 Å². The highest BCUT2D eigenvalue weighted by Gasteiger charge is 2.43. The smallest absolute Gasteiger partial charge is 0.337 e. The SMILES string of the molecule is COC(=O)[C@H]1O[C@H](C)[C@@H]1O. The molecule has 0 aromatic heterocycles. The van der Waals surface area contributed by atoms with E-state index in [0.717, 1.165) is 0 Å². The minimum absolute atomic E-state index is 0.246. The molecule has 0 unspecified atom stereocenters. The monoisotopic (exact) mass is 146 g/mol. The van der Waals surface area contributed by atoms with Crippen molar-refractivity contribution < 1.29 is 19.4 Å². The van der Waals surface area contributed by atoms with Crippen LogP contribution in [0.1, 0.15) is 6.92 Å². The van der Waals surface area contributed by atoms with Gasteiger partial charge in [0.1, 0.15) is 6.10 Å². The van der Waals surface area contributed by atoms with Gasteiger partial charge in [0.25, 0.3) is 0 Å². The minimum atomic E-state index is -0.764. The Bertz CT molecular complexity index is 145. The molecule has 1 rings (SSSR count). The summed E-state index contributed by atoms with van der Waals surface area (Å²) in [4.78, 5) is 10.6. The lowest BCUT2D eigenvalue weighted by Crippen LogP contribution is -2.56. The molecule has 1 saturated heterocycles. The Morgan fingerprint density at radius 2 is 2.30 bits per heavy atom. The van der Waals surface area contributed by atoms with E-state index in [1.807, 2.05) is 0 Å². The Labute approximate surface area is 58.7 Å². The molecule has 0 saturated carbocycles. The highest BCUT2D eigenvalue weighted by atomic mass is 16.6. The largest absolute Gasteiger partial charge is 0.467 e. The van der Waals surface area contributed by atoms with Crippen LogP contribution in [0.4, 0.5) is 0 Å². The van der Waals surface area contributed by atoms with Crippen LogP contribution in [0, 0.1) is 0 Å². The van der Waals surface area contributed by atoms with Gasteiger partial charge >= 0.3 is 5.97 Å². The van der Waals surface area contributed by atoms with Crippen molar-refractivity contribution >= 4 is 5.97 Å². The average Bonchev–Trinajstić information content (AvgIpc) is 1.98. The van der Waals surface area contributed by atoms with Gasteiger partial charge in [0.2, 0.25) is 0 Å². The normalized spacial score (nSPS) is 38.5. The summed E-state index contributed by atoms with van der Waals surface area (Å²) >= 11 is 0. The number of methoxy groups -OCH3 is 1.